The quantitative estimate of drug-likeness (QED) is 0.849. The van der Waals surface area contributed by atoms with E-state index in [1.807, 2.05) is 35.8 Å². The summed E-state index contributed by atoms with van der Waals surface area (Å²) in [5.74, 6) is 0. The van der Waals surface area contributed by atoms with Gasteiger partial charge in [0.15, 0.2) is 0 Å². The first kappa shape index (κ1) is 14.8. The third kappa shape index (κ3) is 3.72. The number of urea groups is 1. The summed E-state index contributed by atoms with van der Waals surface area (Å²) in [6.45, 7) is 5.56. The topological polar surface area (TPSA) is 70.4 Å². The van der Waals surface area contributed by atoms with Gasteiger partial charge in [-0.15, -0.1) is 0 Å². The van der Waals surface area contributed by atoms with E-state index in [0.29, 0.717) is 13.0 Å². The van der Waals surface area contributed by atoms with Gasteiger partial charge >= 0.3 is 6.03 Å². The lowest BCUT2D eigenvalue weighted by molar-refractivity contribution is 0.174. The number of aliphatic hydroxyl groups is 1. The molecule has 1 aromatic heterocycles. The van der Waals surface area contributed by atoms with E-state index < -0.39 is 0 Å². The van der Waals surface area contributed by atoms with Crippen LogP contribution in [-0.2, 0) is 6.54 Å². The van der Waals surface area contributed by atoms with Crippen LogP contribution in [0, 0.1) is 6.92 Å². The smallest absolute Gasteiger partial charge is 0.317 e. The average Bonchev–Trinajstić information content (AvgIpc) is 2.99. The summed E-state index contributed by atoms with van der Waals surface area (Å²) in [7, 11) is 0. The first-order valence-electron chi connectivity index (χ1n) is 7.27. The molecule has 2 atom stereocenters. The highest BCUT2D eigenvalue weighted by atomic mass is 16.3. The molecule has 2 rings (SSSR count). The van der Waals surface area contributed by atoms with Crippen LogP contribution in [-0.4, -0.2) is 51.1 Å². The molecule has 1 fully saturated rings. The van der Waals surface area contributed by atoms with Crippen LogP contribution in [0.4, 0.5) is 4.79 Å². The van der Waals surface area contributed by atoms with Crippen LogP contribution < -0.4 is 5.32 Å². The molecular formula is C14H24N4O2. The van der Waals surface area contributed by atoms with E-state index in [1.54, 1.807) is 0 Å². The molecule has 0 aromatic carbocycles. The number of amides is 2. The zero-order valence-electron chi connectivity index (χ0n) is 12.2. The van der Waals surface area contributed by atoms with Gasteiger partial charge < -0.3 is 15.3 Å². The summed E-state index contributed by atoms with van der Waals surface area (Å²) in [4.78, 5) is 14.1. The number of carbonyl (C=O) groups is 1. The second-order valence-electron chi connectivity index (χ2n) is 5.59. The van der Waals surface area contributed by atoms with Gasteiger partial charge in [-0.05, 0) is 38.7 Å². The molecule has 1 aliphatic heterocycles. The van der Waals surface area contributed by atoms with Crippen LogP contribution in [0.5, 0.6) is 0 Å². The van der Waals surface area contributed by atoms with E-state index in [1.165, 1.54) is 0 Å². The highest BCUT2D eigenvalue weighted by Crippen LogP contribution is 2.19. The molecular weight excluding hydrogens is 256 g/mol. The number of likely N-dealkylation sites (tertiary alicyclic amines) is 1. The van der Waals surface area contributed by atoms with Crippen molar-refractivity contribution >= 4 is 6.03 Å². The molecule has 20 heavy (non-hydrogen) atoms. The number of hydrogen-bond donors (Lipinski definition) is 2. The Morgan fingerprint density at radius 2 is 2.45 bits per heavy atom. The van der Waals surface area contributed by atoms with Gasteiger partial charge in [-0.1, -0.05) is 0 Å². The van der Waals surface area contributed by atoms with Gasteiger partial charge in [-0.25, -0.2) is 4.79 Å². The molecule has 0 aliphatic carbocycles. The monoisotopic (exact) mass is 280 g/mol. The predicted molar refractivity (Wildman–Crippen MR) is 76.4 cm³/mol. The van der Waals surface area contributed by atoms with Crippen molar-refractivity contribution < 1.29 is 9.90 Å². The van der Waals surface area contributed by atoms with Crippen LogP contribution >= 0.6 is 0 Å². The minimum Gasteiger partial charge on any atom is -0.396 e. The molecule has 1 aliphatic rings. The van der Waals surface area contributed by atoms with Gasteiger partial charge in [0, 0.05) is 31.4 Å². The van der Waals surface area contributed by atoms with Gasteiger partial charge in [0.05, 0.1) is 12.7 Å². The fourth-order valence-electron chi connectivity index (χ4n) is 2.74. The van der Waals surface area contributed by atoms with Gasteiger partial charge in [0.1, 0.15) is 0 Å². The fraction of sp³-hybridized carbons (Fsp3) is 0.714. The lowest BCUT2D eigenvalue weighted by atomic mass is 10.1. The molecule has 0 saturated carbocycles. The number of aliphatic hydroxyl groups excluding tert-OH is 1. The molecule has 2 amide bonds. The number of hydrogen-bond acceptors (Lipinski definition) is 3. The van der Waals surface area contributed by atoms with Crippen molar-refractivity contribution in [2.24, 2.45) is 0 Å². The number of rotatable bonds is 5. The van der Waals surface area contributed by atoms with Crippen molar-refractivity contribution in [3.05, 3.63) is 18.0 Å². The molecule has 1 saturated heterocycles. The number of nitrogens with one attached hydrogen (secondary N) is 1. The summed E-state index contributed by atoms with van der Waals surface area (Å²) in [5, 5.41) is 16.3. The normalized spacial score (nSPS) is 20.1. The maximum atomic E-state index is 12.2. The van der Waals surface area contributed by atoms with Crippen molar-refractivity contribution in [3.63, 3.8) is 0 Å². The van der Waals surface area contributed by atoms with E-state index in [9.17, 15) is 4.79 Å². The van der Waals surface area contributed by atoms with E-state index >= 15 is 0 Å². The Hall–Kier alpha value is -1.56. The molecule has 6 heteroatoms. The Bertz CT molecular complexity index is 446. The highest BCUT2D eigenvalue weighted by Gasteiger charge is 2.28. The largest absolute Gasteiger partial charge is 0.396 e. The summed E-state index contributed by atoms with van der Waals surface area (Å²) in [5.41, 5.74) is 1.12. The second kappa shape index (κ2) is 6.74. The standard InChI is InChI=1S/C14H24N4O2/c1-11-8-15-17(9-11)10-12(2)16-14(20)18-6-3-4-13(18)5-7-19/h8-9,12-13,19H,3-7,10H2,1-2H3,(H,16,20). The van der Waals surface area contributed by atoms with Crippen LogP contribution in [0.2, 0.25) is 0 Å². The first-order valence-corrected chi connectivity index (χ1v) is 7.27. The van der Waals surface area contributed by atoms with Gasteiger partial charge in [-0.3, -0.25) is 4.68 Å². The van der Waals surface area contributed by atoms with Crippen molar-refractivity contribution in [2.75, 3.05) is 13.2 Å². The van der Waals surface area contributed by atoms with Crippen molar-refractivity contribution in [2.45, 2.75) is 51.7 Å². The van der Waals surface area contributed by atoms with E-state index in [4.69, 9.17) is 5.11 Å². The molecule has 6 nitrogen and oxygen atoms in total. The van der Waals surface area contributed by atoms with Crippen LogP contribution in [0.3, 0.4) is 0 Å². The Morgan fingerprint density at radius 3 is 3.10 bits per heavy atom. The van der Waals surface area contributed by atoms with Crippen LogP contribution in [0.25, 0.3) is 0 Å². The Kier molecular flexibility index (Phi) is 5.00. The number of aryl methyl sites for hydroxylation is 1. The molecule has 0 bridgehead atoms. The molecule has 2 N–H and O–H groups in total. The van der Waals surface area contributed by atoms with Crippen molar-refractivity contribution in [3.8, 4) is 0 Å². The summed E-state index contributed by atoms with van der Waals surface area (Å²) in [6.07, 6.45) is 6.45. The van der Waals surface area contributed by atoms with E-state index in [-0.39, 0.29) is 24.7 Å². The fourth-order valence-corrected chi connectivity index (χ4v) is 2.74. The first-order chi connectivity index (χ1) is 9.60. The third-order valence-corrected chi connectivity index (χ3v) is 3.69. The third-order valence-electron chi connectivity index (χ3n) is 3.69. The highest BCUT2D eigenvalue weighted by molar-refractivity contribution is 5.75. The van der Waals surface area contributed by atoms with E-state index in [2.05, 4.69) is 10.4 Å². The summed E-state index contributed by atoms with van der Waals surface area (Å²) in [6, 6.07) is 0.175. The zero-order chi connectivity index (χ0) is 14.5. The summed E-state index contributed by atoms with van der Waals surface area (Å²) < 4.78 is 1.84. The van der Waals surface area contributed by atoms with Gasteiger partial charge in [0.2, 0.25) is 0 Å². The number of carbonyl (C=O) groups excluding carboxylic acids is 1. The second-order valence-corrected chi connectivity index (χ2v) is 5.59. The van der Waals surface area contributed by atoms with Crippen molar-refractivity contribution in [1.29, 1.82) is 0 Å². The molecule has 1 aromatic rings. The molecule has 0 spiro atoms. The SMILES string of the molecule is Cc1cnn(CC(C)NC(=O)N2CCCC2CCO)c1. The van der Waals surface area contributed by atoms with Gasteiger partial charge in [0.25, 0.3) is 0 Å². The molecule has 2 unspecified atom stereocenters. The maximum absolute atomic E-state index is 12.2. The Labute approximate surface area is 119 Å². The van der Waals surface area contributed by atoms with Crippen LogP contribution in [0.15, 0.2) is 12.4 Å². The van der Waals surface area contributed by atoms with Crippen molar-refractivity contribution in [1.82, 2.24) is 20.0 Å². The minimum atomic E-state index is -0.0303. The van der Waals surface area contributed by atoms with Gasteiger partial charge in [-0.2, -0.15) is 5.10 Å². The molecule has 0 radical (unpaired) electrons. The predicted octanol–water partition coefficient (Wildman–Crippen LogP) is 1.14. The Morgan fingerprint density at radius 1 is 1.65 bits per heavy atom. The average molecular weight is 280 g/mol. The number of aromatic nitrogens is 2. The lowest BCUT2D eigenvalue weighted by Gasteiger charge is -2.26. The number of nitrogens with zero attached hydrogens (tertiary/aromatic N) is 3. The summed E-state index contributed by atoms with van der Waals surface area (Å²) >= 11 is 0. The van der Waals surface area contributed by atoms with E-state index in [0.717, 1.165) is 24.9 Å². The maximum Gasteiger partial charge on any atom is 0.317 e. The molecule has 2 heterocycles. The minimum absolute atomic E-state index is 0.0252. The zero-order valence-corrected chi connectivity index (χ0v) is 12.2. The lowest BCUT2D eigenvalue weighted by Crippen LogP contribution is -2.47. The Balaban J connectivity index is 1.84. The molecule has 112 valence electrons. The van der Waals surface area contributed by atoms with Crippen LogP contribution in [0.1, 0.15) is 31.7 Å².